The molecule has 0 bridgehead atoms. The molecule has 3 nitrogen and oxygen atoms in total. The molecule has 0 aromatic heterocycles. The normalized spacial score (nSPS) is 10.6. The Kier molecular flexibility index (Phi) is 4.35. The quantitative estimate of drug-likeness (QED) is 0.678. The molecule has 78 valence electrons. The Balaban J connectivity index is 2.44. The summed E-state index contributed by atoms with van der Waals surface area (Å²) in [5.41, 5.74) is 0. The molecular weight excluding hydrogens is 187 g/mol. The standard InChI is InChI=1S/C10H13FO3/c1-12-10(13-2)7-14-9-5-3-4-8(11)6-9/h3-6,10H,7H2,1-2H3. The minimum absolute atomic E-state index is 0.233. The Morgan fingerprint density at radius 3 is 2.57 bits per heavy atom. The van der Waals surface area contributed by atoms with Crippen molar-refractivity contribution < 1.29 is 18.6 Å². The Hall–Kier alpha value is -1.13. The molecule has 0 unspecified atom stereocenters. The predicted octanol–water partition coefficient (Wildman–Crippen LogP) is 1.82. The van der Waals surface area contributed by atoms with Crippen LogP contribution in [0.3, 0.4) is 0 Å². The summed E-state index contributed by atoms with van der Waals surface area (Å²) in [6, 6.07) is 5.92. The van der Waals surface area contributed by atoms with Crippen LogP contribution in [0.4, 0.5) is 4.39 Å². The van der Waals surface area contributed by atoms with Crippen LogP contribution in [0.1, 0.15) is 0 Å². The van der Waals surface area contributed by atoms with Crippen LogP contribution in [0.5, 0.6) is 5.75 Å². The lowest BCUT2D eigenvalue weighted by Crippen LogP contribution is -2.21. The van der Waals surface area contributed by atoms with Gasteiger partial charge in [0, 0.05) is 20.3 Å². The summed E-state index contributed by atoms with van der Waals surface area (Å²) < 4.78 is 27.8. The van der Waals surface area contributed by atoms with Crippen molar-refractivity contribution in [1.82, 2.24) is 0 Å². The van der Waals surface area contributed by atoms with Gasteiger partial charge in [-0.15, -0.1) is 0 Å². The second-order valence-corrected chi connectivity index (χ2v) is 2.67. The molecule has 0 saturated heterocycles. The third-order valence-corrected chi connectivity index (χ3v) is 1.71. The third-order valence-electron chi connectivity index (χ3n) is 1.71. The fourth-order valence-electron chi connectivity index (χ4n) is 0.953. The first-order valence-corrected chi connectivity index (χ1v) is 4.20. The van der Waals surface area contributed by atoms with Gasteiger partial charge in [0.1, 0.15) is 18.2 Å². The van der Waals surface area contributed by atoms with Gasteiger partial charge < -0.3 is 14.2 Å². The van der Waals surface area contributed by atoms with Crippen molar-refractivity contribution in [1.29, 1.82) is 0 Å². The molecule has 0 saturated carbocycles. The van der Waals surface area contributed by atoms with Crippen molar-refractivity contribution in [2.45, 2.75) is 6.29 Å². The third kappa shape index (κ3) is 3.32. The molecular formula is C10H13FO3. The summed E-state index contributed by atoms with van der Waals surface area (Å²) in [5, 5.41) is 0. The van der Waals surface area contributed by atoms with E-state index in [4.69, 9.17) is 14.2 Å². The lowest BCUT2D eigenvalue weighted by Gasteiger charge is -2.14. The molecule has 14 heavy (non-hydrogen) atoms. The van der Waals surface area contributed by atoms with Crippen molar-refractivity contribution in [3.63, 3.8) is 0 Å². The molecule has 0 heterocycles. The molecule has 1 rings (SSSR count). The van der Waals surface area contributed by atoms with Crippen LogP contribution in [-0.4, -0.2) is 27.1 Å². The minimum atomic E-state index is -0.432. The van der Waals surface area contributed by atoms with Crippen molar-refractivity contribution in [2.75, 3.05) is 20.8 Å². The van der Waals surface area contributed by atoms with E-state index >= 15 is 0 Å². The van der Waals surface area contributed by atoms with Crippen LogP contribution >= 0.6 is 0 Å². The van der Waals surface area contributed by atoms with E-state index in [9.17, 15) is 4.39 Å². The molecule has 1 aromatic rings. The molecule has 0 radical (unpaired) electrons. The summed E-state index contributed by atoms with van der Waals surface area (Å²) in [7, 11) is 3.03. The highest BCUT2D eigenvalue weighted by molar-refractivity contribution is 5.22. The minimum Gasteiger partial charge on any atom is -0.488 e. The molecule has 0 amide bonds. The van der Waals surface area contributed by atoms with Crippen LogP contribution in [0.15, 0.2) is 24.3 Å². The second kappa shape index (κ2) is 5.57. The zero-order valence-electron chi connectivity index (χ0n) is 8.20. The molecule has 0 fully saturated rings. The maximum absolute atomic E-state index is 12.7. The van der Waals surface area contributed by atoms with Crippen molar-refractivity contribution in [2.24, 2.45) is 0 Å². The molecule has 0 spiro atoms. The molecule has 4 heteroatoms. The van der Waals surface area contributed by atoms with Gasteiger partial charge in [0.05, 0.1) is 0 Å². The van der Waals surface area contributed by atoms with E-state index in [0.717, 1.165) is 0 Å². The smallest absolute Gasteiger partial charge is 0.191 e. The van der Waals surface area contributed by atoms with Gasteiger partial charge in [-0.05, 0) is 12.1 Å². The van der Waals surface area contributed by atoms with Crippen LogP contribution in [0.2, 0.25) is 0 Å². The Labute approximate surface area is 82.4 Å². The molecule has 0 N–H and O–H groups in total. The van der Waals surface area contributed by atoms with Crippen molar-refractivity contribution >= 4 is 0 Å². The summed E-state index contributed by atoms with van der Waals surface area (Å²) in [4.78, 5) is 0. The highest BCUT2D eigenvalue weighted by Gasteiger charge is 2.05. The van der Waals surface area contributed by atoms with Crippen LogP contribution in [0.25, 0.3) is 0 Å². The highest BCUT2D eigenvalue weighted by Crippen LogP contribution is 2.12. The summed E-state index contributed by atoms with van der Waals surface area (Å²) in [6.45, 7) is 0.233. The van der Waals surface area contributed by atoms with Crippen LogP contribution in [-0.2, 0) is 9.47 Å². The van der Waals surface area contributed by atoms with Gasteiger partial charge in [-0.25, -0.2) is 4.39 Å². The largest absolute Gasteiger partial charge is 0.488 e. The van der Waals surface area contributed by atoms with Crippen molar-refractivity contribution in [3.05, 3.63) is 30.1 Å². The molecule has 1 aromatic carbocycles. The SMILES string of the molecule is COC(COc1cccc(F)c1)OC. The van der Waals surface area contributed by atoms with Gasteiger partial charge in [0.25, 0.3) is 0 Å². The van der Waals surface area contributed by atoms with E-state index in [1.54, 1.807) is 12.1 Å². The highest BCUT2D eigenvalue weighted by atomic mass is 19.1. The van der Waals surface area contributed by atoms with E-state index in [1.807, 2.05) is 0 Å². The maximum atomic E-state index is 12.7. The van der Waals surface area contributed by atoms with Gasteiger partial charge in [-0.1, -0.05) is 6.07 Å². The monoisotopic (exact) mass is 200 g/mol. The topological polar surface area (TPSA) is 27.7 Å². The fourth-order valence-corrected chi connectivity index (χ4v) is 0.953. The van der Waals surface area contributed by atoms with E-state index in [2.05, 4.69) is 0 Å². The number of benzene rings is 1. The summed E-state index contributed by atoms with van der Waals surface area (Å²) >= 11 is 0. The molecule has 0 atom stereocenters. The maximum Gasteiger partial charge on any atom is 0.191 e. The predicted molar refractivity (Wildman–Crippen MR) is 49.7 cm³/mol. The molecule has 0 aliphatic carbocycles. The average Bonchev–Trinajstić information content (AvgIpc) is 2.19. The molecule has 0 aliphatic rings. The lowest BCUT2D eigenvalue weighted by atomic mass is 10.3. The molecule has 0 aliphatic heterocycles. The number of hydrogen-bond acceptors (Lipinski definition) is 3. The van der Waals surface area contributed by atoms with Crippen LogP contribution < -0.4 is 4.74 Å². The first-order valence-electron chi connectivity index (χ1n) is 4.20. The number of ether oxygens (including phenoxy) is 3. The Bertz CT molecular complexity index is 274. The first kappa shape index (κ1) is 10.9. The van der Waals surface area contributed by atoms with Crippen molar-refractivity contribution in [3.8, 4) is 5.75 Å². The van der Waals surface area contributed by atoms with E-state index < -0.39 is 6.29 Å². The number of halogens is 1. The second-order valence-electron chi connectivity index (χ2n) is 2.67. The van der Waals surface area contributed by atoms with E-state index in [0.29, 0.717) is 5.75 Å². The summed E-state index contributed by atoms with van der Waals surface area (Å²) in [5.74, 6) is 0.137. The van der Waals surface area contributed by atoms with Gasteiger partial charge in [-0.3, -0.25) is 0 Å². The van der Waals surface area contributed by atoms with E-state index in [1.165, 1.54) is 26.4 Å². The fraction of sp³-hybridized carbons (Fsp3) is 0.400. The summed E-state index contributed by atoms with van der Waals surface area (Å²) in [6.07, 6.45) is -0.432. The lowest BCUT2D eigenvalue weighted by molar-refractivity contribution is -0.122. The van der Waals surface area contributed by atoms with Gasteiger partial charge in [0.15, 0.2) is 6.29 Å². The van der Waals surface area contributed by atoms with Gasteiger partial charge in [0.2, 0.25) is 0 Å². The number of rotatable bonds is 5. The average molecular weight is 200 g/mol. The zero-order chi connectivity index (χ0) is 10.4. The number of hydrogen-bond donors (Lipinski definition) is 0. The van der Waals surface area contributed by atoms with Gasteiger partial charge >= 0.3 is 0 Å². The van der Waals surface area contributed by atoms with Gasteiger partial charge in [-0.2, -0.15) is 0 Å². The number of methoxy groups -OCH3 is 2. The van der Waals surface area contributed by atoms with Crippen LogP contribution in [0, 0.1) is 5.82 Å². The zero-order valence-corrected chi connectivity index (χ0v) is 8.20. The Morgan fingerprint density at radius 1 is 1.29 bits per heavy atom. The first-order chi connectivity index (χ1) is 6.76. The van der Waals surface area contributed by atoms with E-state index in [-0.39, 0.29) is 12.4 Å². The Morgan fingerprint density at radius 2 is 2.00 bits per heavy atom.